The number of rotatable bonds is 29. The molecule has 0 radical (unpaired) electrons. The van der Waals surface area contributed by atoms with Gasteiger partial charge in [-0.2, -0.15) is 0 Å². The number of ether oxygens (including phenoxy) is 2. The van der Waals surface area contributed by atoms with Gasteiger partial charge in [0.2, 0.25) is 0 Å². The highest BCUT2D eigenvalue weighted by Crippen LogP contribution is 2.43. The van der Waals surface area contributed by atoms with Crippen LogP contribution in [0.15, 0.2) is 0 Å². The molecule has 4 N–H and O–H groups in total. The number of carboxylic acids is 1. The lowest BCUT2D eigenvalue weighted by Crippen LogP contribution is -2.34. The third-order valence-electron chi connectivity index (χ3n) is 6.61. The van der Waals surface area contributed by atoms with Crippen LogP contribution in [0.5, 0.6) is 0 Å². The van der Waals surface area contributed by atoms with Gasteiger partial charge in [-0.05, 0) is 12.8 Å². The van der Waals surface area contributed by atoms with Gasteiger partial charge in [0.15, 0.2) is 6.10 Å². The number of hydrogen-bond donors (Lipinski definition) is 3. The standard InChI is InChI=1S/C29H56NO10P/c1-3-5-7-9-11-12-13-14-15-17-19-21-28(32)40-25(22-37-27(31)20-18-16-10-8-6-4-2)23-38-41(35,36)39-24-26(30)29(33)34/h25-26H,3-24,30H2,1-2H3,(H,33,34)(H,35,36). The van der Waals surface area contributed by atoms with Crippen LogP contribution >= 0.6 is 7.82 Å². The van der Waals surface area contributed by atoms with Crippen LogP contribution in [-0.4, -0.2) is 59.9 Å². The second-order valence-corrected chi connectivity index (χ2v) is 12.1. The molecule has 0 bridgehead atoms. The van der Waals surface area contributed by atoms with E-state index in [1.54, 1.807) is 0 Å². The Morgan fingerprint density at radius 2 is 1.07 bits per heavy atom. The molecule has 11 nitrogen and oxygen atoms in total. The van der Waals surface area contributed by atoms with Crippen molar-refractivity contribution < 1.29 is 47.5 Å². The van der Waals surface area contributed by atoms with Crippen LogP contribution in [0.3, 0.4) is 0 Å². The number of esters is 2. The minimum absolute atomic E-state index is 0.167. The minimum Gasteiger partial charge on any atom is -0.480 e. The highest BCUT2D eigenvalue weighted by atomic mass is 31.2. The van der Waals surface area contributed by atoms with Crippen molar-refractivity contribution in [3.8, 4) is 0 Å². The summed E-state index contributed by atoms with van der Waals surface area (Å²) in [6, 6.07) is -1.51. The van der Waals surface area contributed by atoms with Gasteiger partial charge in [-0.15, -0.1) is 0 Å². The molecule has 242 valence electrons. The van der Waals surface area contributed by atoms with Gasteiger partial charge in [0.05, 0.1) is 13.2 Å². The van der Waals surface area contributed by atoms with E-state index in [4.69, 9.17) is 24.8 Å². The number of hydrogen-bond acceptors (Lipinski definition) is 9. The lowest BCUT2D eigenvalue weighted by Gasteiger charge is -2.20. The molecule has 0 rings (SSSR count). The zero-order valence-electron chi connectivity index (χ0n) is 25.4. The highest BCUT2D eigenvalue weighted by molar-refractivity contribution is 7.47. The number of unbranched alkanes of at least 4 members (excludes halogenated alkanes) is 15. The fourth-order valence-electron chi connectivity index (χ4n) is 4.06. The van der Waals surface area contributed by atoms with Gasteiger partial charge in [0, 0.05) is 12.8 Å². The topological polar surface area (TPSA) is 172 Å². The average molecular weight is 610 g/mol. The van der Waals surface area contributed by atoms with Gasteiger partial charge in [0.25, 0.3) is 0 Å². The van der Waals surface area contributed by atoms with Crippen molar-refractivity contribution >= 4 is 25.7 Å². The number of nitrogens with two attached hydrogens (primary N) is 1. The van der Waals surface area contributed by atoms with Crippen LogP contribution in [0, 0.1) is 0 Å². The quantitative estimate of drug-likeness (QED) is 0.0484. The maximum atomic E-state index is 12.4. The Hall–Kier alpha value is -1.52. The second kappa shape index (κ2) is 26.1. The SMILES string of the molecule is CCCCCCCCCCCCCC(=O)OC(COC(=O)CCCCCCCC)COP(=O)(O)OCC(N)C(=O)O. The molecule has 3 unspecified atom stereocenters. The van der Waals surface area contributed by atoms with Gasteiger partial charge < -0.3 is 25.2 Å². The molecule has 0 aliphatic rings. The summed E-state index contributed by atoms with van der Waals surface area (Å²) in [4.78, 5) is 45.2. The molecule has 0 aromatic carbocycles. The van der Waals surface area contributed by atoms with Crippen molar-refractivity contribution in [2.24, 2.45) is 5.73 Å². The Morgan fingerprint density at radius 3 is 1.54 bits per heavy atom. The molecular formula is C29H56NO10P. The molecule has 0 heterocycles. The number of aliphatic carboxylic acids is 1. The lowest BCUT2D eigenvalue weighted by molar-refractivity contribution is -0.161. The number of carbonyl (C=O) groups is 3. The Bertz CT molecular complexity index is 736. The van der Waals surface area contributed by atoms with E-state index >= 15 is 0 Å². The van der Waals surface area contributed by atoms with E-state index < -0.39 is 51.1 Å². The van der Waals surface area contributed by atoms with Crippen LogP contribution in [0.4, 0.5) is 0 Å². The van der Waals surface area contributed by atoms with E-state index in [9.17, 15) is 23.8 Å². The van der Waals surface area contributed by atoms with E-state index in [1.807, 2.05) is 0 Å². The summed E-state index contributed by atoms with van der Waals surface area (Å²) >= 11 is 0. The zero-order valence-corrected chi connectivity index (χ0v) is 26.3. The van der Waals surface area contributed by atoms with Crippen molar-refractivity contribution in [2.45, 2.75) is 148 Å². The molecule has 0 saturated heterocycles. The summed E-state index contributed by atoms with van der Waals surface area (Å²) < 4.78 is 32.2. The average Bonchev–Trinajstić information content (AvgIpc) is 2.93. The fourth-order valence-corrected chi connectivity index (χ4v) is 4.84. The third kappa shape index (κ3) is 25.9. The van der Waals surface area contributed by atoms with Gasteiger partial charge in [-0.3, -0.25) is 23.4 Å². The highest BCUT2D eigenvalue weighted by Gasteiger charge is 2.28. The maximum Gasteiger partial charge on any atom is 0.472 e. The van der Waals surface area contributed by atoms with Crippen LogP contribution in [0.2, 0.25) is 0 Å². The molecule has 3 atom stereocenters. The van der Waals surface area contributed by atoms with Gasteiger partial charge >= 0.3 is 25.7 Å². The first kappa shape index (κ1) is 39.5. The number of phosphoric acid groups is 1. The molecule has 12 heteroatoms. The predicted molar refractivity (Wildman–Crippen MR) is 157 cm³/mol. The predicted octanol–water partition coefficient (Wildman–Crippen LogP) is 6.44. The summed E-state index contributed by atoms with van der Waals surface area (Å²) in [5.41, 5.74) is 5.28. The summed E-state index contributed by atoms with van der Waals surface area (Å²) in [6.45, 7) is 2.68. The number of carbonyl (C=O) groups excluding carboxylic acids is 2. The fraction of sp³-hybridized carbons (Fsp3) is 0.897. The van der Waals surface area contributed by atoms with Crippen molar-refractivity contribution in [3.05, 3.63) is 0 Å². The smallest absolute Gasteiger partial charge is 0.472 e. The van der Waals surface area contributed by atoms with E-state index in [1.165, 1.54) is 44.9 Å². The Labute approximate surface area is 246 Å². The molecule has 0 fully saturated rings. The van der Waals surface area contributed by atoms with E-state index in [0.717, 1.165) is 51.4 Å². The first-order valence-corrected chi connectivity index (χ1v) is 17.1. The van der Waals surface area contributed by atoms with Crippen molar-refractivity contribution in [2.75, 3.05) is 19.8 Å². The number of phosphoric ester groups is 1. The van der Waals surface area contributed by atoms with Gasteiger partial charge in [0.1, 0.15) is 12.6 Å². The van der Waals surface area contributed by atoms with E-state index in [-0.39, 0.29) is 19.4 Å². The molecule has 0 aliphatic carbocycles. The van der Waals surface area contributed by atoms with Crippen LogP contribution in [0.1, 0.15) is 136 Å². The number of carboxylic acid groups (broad SMARTS) is 1. The first-order chi connectivity index (χ1) is 19.6. The first-order valence-electron chi connectivity index (χ1n) is 15.6. The van der Waals surface area contributed by atoms with E-state index in [0.29, 0.717) is 12.8 Å². The molecule has 0 aromatic rings. The summed E-state index contributed by atoms with van der Waals surface area (Å²) in [6.07, 6.45) is 17.9. The van der Waals surface area contributed by atoms with Gasteiger partial charge in [-0.25, -0.2) is 4.57 Å². The Balaban J connectivity index is 4.52. The van der Waals surface area contributed by atoms with Gasteiger partial charge in [-0.1, -0.05) is 110 Å². The van der Waals surface area contributed by atoms with Crippen LogP contribution in [-0.2, 0) is 37.5 Å². The molecule has 0 saturated carbocycles. The molecule has 0 spiro atoms. The monoisotopic (exact) mass is 609 g/mol. The Kier molecular flexibility index (Phi) is 25.2. The summed E-state index contributed by atoms with van der Waals surface area (Å²) in [5, 5.41) is 8.79. The van der Waals surface area contributed by atoms with Crippen molar-refractivity contribution in [1.82, 2.24) is 0 Å². The molecule has 41 heavy (non-hydrogen) atoms. The van der Waals surface area contributed by atoms with E-state index in [2.05, 4.69) is 18.4 Å². The molecular weight excluding hydrogens is 553 g/mol. The maximum absolute atomic E-state index is 12.4. The summed E-state index contributed by atoms with van der Waals surface area (Å²) in [7, 11) is -4.69. The summed E-state index contributed by atoms with van der Waals surface area (Å²) in [5.74, 6) is -2.39. The second-order valence-electron chi connectivity index (χ2n) is 10.6. The van der Waals surface area contributed by atoms with Crippen molar-refractivity contribution in [3.63, 3.8) is 0 Å². The normalized spacial score (nSPS) is 14.2. The minimum atomic E-state index is -4.69. The lowest BCUT2D eigenvalue weighted by atomic mass is 10.1. The van der Waals surface area contributed by atoms with Crippen LogP contribution < -0.4 is 5.73 Å². The third-order valence-corrected chi connectivity index (χ3v) is 7.56. The molecule has 0 amide bonds. The zero-order chi connectivity index (χ0) is 30.8. The largest absolute Gasteiger partial charge is 0.480 e. The molecule has 0 aromatic heterocycles. The van der Waals surface area contributed by atoms with Crippen molar-refractivity contribution in [1.29, 1.82) is 0 Å². The molecule has 0 aliphatic heterocycles. The van der Waals surface area contributed by atoms with Crippen LogP contribution in [0.25, 0.3) is 0 Å². The Morgan fingerprint density at radius 1 is 0.659 bits per heavy atom.